The topological polar surface area (TPSA) is 50.4 Å². The Morgan fingerprint density at radius 1 is 1.33 bits per heavy atom. The smallest absolute Gasteiger partial charge is 0.189 e. The summed E-state index contributed by atoms with van der Waals surface area (Å²) in [5, 5.41) is 4.58. The van der Waals surface area contributed by atoms with Gasteiger partial charge in [-0.25, -0.2) is 4.99 Å². The van der Waals surface area contributed by atoms with Crippen LogP contribution in [0.5, 0.6) is 0 Å². The summed E-state index contributed by atoms with van der Waals surface area (Å²) in [7, 11) is 0. The van der Waals surface area contributed by atoms with E-state index in [4.69, 9.17) is 28.9 Å². The fourth-order valence-corrected chi connectivity index (χ4v) is 2.66. The zero-order chi connectivity index (χ0) is 12.7. The highest BCUT2D eigenvalue weighted by molar-refractivity contribution is 6.35. The molecule has 0 aromatic heterocycles. The van der Waals surface area contributed by atoms with E-state index in [1.54, 1.807) is 6.07 Å². The van der Waals surface area contributed by atoms with Crippen LogP contribution in [0.25, 0.3) is 0 Å². The monoisotopic (exact) mass is 283 g/mol. The average molecular weight is 284 g/mol. The predicted octanol–water partition coefficient (Wildman–Crippen LogP) is 2.92. The number of nitrogens with one attached hydrogen (secondary N) is 1. The molecule has 3 nitrogen and oxygen atoms in total. The van der Waals surface area contributed by atoms with Crippen molar-refractivity contribution in [1.82, 2.24) is 5.32 Å². The van der Waals surface area contributed by atoms with Crippen LogP contribution in [0.15, 0.2) is 23.2 Å². The molecule has 0 amide bonds. The summed E-state index contributed by atoms with van der Waals surface area (Å²) in [4.78, 5) is 4.48. The molecule has 2 aliphatic carbocycles. The summed E-state index contributed by atoms with van der Waals surface area (Å²) in [5.74, 6) is 0.949. The van der Waals surface area contributed by atoms with Gasteiger partial charge in [0.2, 0.25) is 0 Å². The summed E-state index contributed by atoms with van der Waals surface area (Å²) in [6, 6.07) is 6.44. The Balaban J connectivity index is 1.65. The summed E-state index contributed by atoms with van der Waals surface area (Å²) in [5.41, 5.74) is 6.96. The van der Waals surface area contributed by atoms with Crippen molar-refractivity contribution in [3.8, 4) is 0 Å². The third-order valence-electron chi connectivity index (χ3n) is 3.35. The van der Waals surface area contributed by atoms with Crippen LogP contribution < -0.4 is 11.1 Å². The van der Waals surface area contributed by atoms with Crippen LogP contribution in [0.1, 0.15) is 30.7 Å². The molecular weight excluding hydrogens is 269 g/mol. The Labute approximate surface area is 116 Å². The van der Waals surface area contributed by atoms with E-state index in [1.807, 2.05) is 12.1 Å². The molecule has 5 heteroatoms. The van der Waals surface area contributed by atoms with Gasteiger partial charge in [-0.1, -0.05) is 29.3 Å². The van der Waals surface area contributed by atoms with Crippen LogP contribution >= 0.6 is 23.2 Å². The first-order valence-corrected chi connectivity index (χ1v) is 6.94. The van der Waals surface area contributed by atoms with Crippen molar-refractivity contribution in [2.24, 2.45) is 10.7 Å². The molecule has 0 unspecified atom stereocenters. The highest BCUT2D eigenvalue weighted by Crippen LogP contribution is 2.46. The number of guanidine groups is 1. The van der Waals surface area contributed by atoms with Crippen LogP contribution in [-0.2, 0) is 0 Å². The minimum Gasteiger partial charge on any atom is -0.370 e. The Kier molecular flexibility index (Phi) is 3.12. The lowest BCUT2D eigenvalue weighted by molar-refractivity contribution is 0.871. The SMILES string of the molecule is NC(=N[C@@H]1C[C@H]1c1ccc(Cl)cc1Cl)NC1CC1. The van der Waals surface area contributed by atoms with E-state index < -0.39 is 0 Å². The molecule has 2 fully saturated rings. The maximum Gasteiger partial charge on any atom is 0.189 e. The van der Waals surface area contributed by atoms with Gasteiger partial charge in [-0.3, -0.25) is 0 Å². The Morgan fingerprint density at radius 2 is 2.11 bits per heavy atom. The van der Waals surface area contributed by atoms with Gasteiger partial charge in [0.05, 0.1) is 6.04 Å². The highest BCUT2D eigenvalue weighted by atomic mass is 35.5. The summed E-state index contributed by atoms with van der Waals surface area (Å²) >= 11 is 12.1. The fourth-order valence-electron chi connectivity index (χ4n) is 2.11. The summed E-state index contributed by atoms with van der Waals surface area (Å²) in [6.07, 6.45) is 3.41. The van der Waals surface area contributed by atoms with Gasteiger partial charge in [0.25, 0.3) is 0 Å². The quantitative estimate of drug-likeness (QED) is 0.662. The van der Waals surface area contributed by atoms with Gasteiger partial charge < -0.3 is 11.1 Å². The second-order valence-electron chi connectivity index (χ2n) is 5.01. The van der Waals surface area contributed by atoms with Crippen molar-refractivity contribution in [3.63, 3.8) is 0 Å². The number of nitrogens with two attached hydrogens (primary N) is 1. The lowest BCUT2D eigenvalue weighted by Crippen LogP contribution is -2.33. The van der Waals surface area contributed by atoms with Crippen molar-refractivity contribution in [2.75, 3.05) is 0 Å². The van der Waals surface area contributed by atoms with E-state index in [0.717, 1.165) is 17.0 Å². The van der Waals surface area contributed by atoms with E-state index in [0.29, 0.717) is 22.9 Å². The molecule has 2 saturated carbocycles. The van der Waals surface area contributed by atoms with E-state index in [-0.39, 0.29) is 6.04 Å². The minimum atomic E-state index is 0.259. The molecule has 18 heavy (non-hydrogen) atoms. The van der Waals surface area contributed by atoms with Gasteiger partial charge in [0.1, 0.15) is 0 Å². The molecule has 3 rings (SSSR count). The van der Waals surface area contributed by atoms with Gasteiger partial charge in [-0.2, -0.15) is 0 Å². The lowest BCUT2D eigenvalue weighted by Gasteiger charge is -2.04. The Bertz CT molecular complexity index is 497. The first-order chi connectivity index (χ1) is 8.63. The number of aliphatic imine (C=N–C) groups is 1. The second kappa shape index (κ2) is 4.63. The number of hydrogen-bond acceptors (Lipinski definition) is 1. The number of rotatable bonds is 3. The van der Waals surface area contributed by atoms with Crippen molar-refractivity contribution in [2.45, 2.75) is 37.3 Å². The number of halogens is 2. The Hall–Kier alpha value is -0.930. The molecule has 1 aromatic rings. The largest absolute Gasteiger partial charge is 0.370 e. The molecule has 0 aliphatic heterocycles. The maximum absolute atomic E-state index is 6.18. The van der Waals surface area contributed by atoms with Crippen molar-refractivity contribution in [1.29, 1.82) is 0 Å². The molecule has 0 heterocycles. The standard InChI is InChI=1S/C13H15Cl2N3/c14-7-1-4-9(11(15)5-7)10-6-12(10)18-13(16)17-8-2-3-8/h1,4-5,8,10,12H,2-3,6H2,(H3,16,17,18)/t10-,12+/m0/s1. The molecule has 0 saturated heterocycles. The number of nitrogens with zero attached hydrogens (tertiary/aromatic N) is 1. The Morgan fingerprint density at radius 3 is 2.78 bits per heavy atom. The average Bonchev–Trinajstić information content (AvgIpc) is 3.17. The van der Waals surface area contributed by atoms with Gasteiger partial charge in [-0.15, -0.1) is 0 Å². The molecule has 0 spiro atoms. The highest BCUT2D eigenvalue weighted by Gasteiger charge is 2.40. The lowest BCUT2D eigenvalue weighted by atomic mass is 10.1. The molecule has 3 N–H and O–H groups in total. The van der Waals surface area contributed by atoms with E-state index in [9.17, 15) is 0 Å². The summed E-state index contributed by atoms with van der Waals surface area (Å²) in [6.45, 7) is 0. The number of benzene rings is 1. The van der Waals surface area contributed by atoms with Crippen molar-refractivity contribution < 1.29 is 0 Å². The second-order valence-corrected chi connectivity index (χ2v) is 5.85. The molecular formula is C13H15Cl2N3. The maximum atomic E-state index is 6.18. The van der Waals surface area contributed by atoms with Crippen LogP contribution in [0.3, 0.4) is 0 Å². The van der Waals surface area contributed by atoms with Gasteiger partial charge >= 0.3 is 0 Å². The summed E-state index contributed by atoms with van der Waals surface area (Å²) < 4.78 is 0. The molecule has 2 atom stereocenters. The van der Waals surface area contributed by atoms with Gasteiger partial charge in [-0.05, 0) is 37.0 Å². The van der Waals surface area contributed by atoms with Gasteiger partial charge in [0, 0.05) is 22.0 Å². The van der Waals surface area contributed by atoms with E-state index >= 15 is 0 Å². The van der Waals surface area contributed by atoms with Gasteiger partial charge in [0.15, 0.2) is 5.96 Å². The van der Waals surface area contributed by atoms with Crippen LogP contribution in [0.2, 0.25) is 10.0 Å². The van der Waals surface area contributed by atoms with Crippen molar-refractivity contribution >= 4 is 29.2 Å². The molecule has 0 radical (unpaired) electrons. The first-order valence-electron chi connectivity index (χ1n) is 6.18. The predicted molar refractivity (Wildman–Crippen MR) is 75.4 cm³/mol. The minimum absolute atomic E-state index is 0.259. The zero-order valence-corrected chi connectivity index (χ0v) is 11.4. The van der Waals surface area contributed by atoms with Crippen LogP contribution in [0.4, 0.5) is 0 Å². The van der Waals surface area contributed by atoms with E-state index in [2.05, 4.69) is 10.3 Å². The number of hydrogen-bond donors (Lipinski definition) is 2. The third kappa shape index (κ3) is 2.73. The molecule has 2 aliphatic rings. The first kappa shape index (κ1) is 12.1. The normalized spacial score (nSPS) is 27.1. The van der Waals surface area contributed by atoms with E-state index in [1.165, 1.54) is 12.8 Å². The molecule has 96 valence electrons. The zero-order valence-electron chi connectivity index (χ0n) is 9.87. The molecule has 1 aromatic carbocycles. The molecule has 0 bridgehead atoms. The van der Waals surface area contributed by atoms with Crippen LogP contribution in [-0.4, -0.2) is 18.0 Å². The fraction of sp³-hybridized carbons (Fsp3) is 0.462. The van der Waals surface area contributed by atoms with Crippen LogP contribution in [0, 0.1) is 0 Å². The van der Waals surface area contributed by atoms with Crippen molar-refractivity contribution in [3.05, 3.63) is 33.8 Å². The third-order valence-corrected chi connectivity index (χ3v) is 3.92.